The lowest BCUT2D eigenvalue weighted by atomic mass is 9.99. The number of nitrogens with two attached hydrogens (primary N) is 4. The molecule has 6 heterocycles. The van der Waals surface area contributed by atoms with Crippen molar-refractivity contribution in [3.05, 3.63) is 90.1 Å². The maximum Gasteiger partial charge on any atom is 0.323 e. The van der Waals surface area contributed by atoms with E-state index in [0.717, 1.165) is 36.3 Å². The number of carbonyl (C=O) groups excluding carboxylic acids is 17. The number of aromatic hydroxyl groups is 1. The van der Waals surface area contributed by atoms with E-state index in [1.54, 1.807) is 58.2 Å². The average Bonchev–Trinajstić information content (AvgIpc) is 1.64. The summed E-state index contributed by atoms with van der Waals surface area (Å²) in [7, 11) is 3.87. The number of aliphatic hydroxyl groups excluding tert-OH is 1. The summed E-state index contributed by atoms with van der Waals surface area (Å²) in [4.78, 5) is 279. The average molecular weight is 1890 g/mol. The Morgan fingerprint density at radius 1 is 0.582 bits per heavy atom. The molecule has 0 bridgehead atoms. The molecule has 0 radical (unpaired) electrons. The number of primary amides is 2. The molecule has 0 spiro atoms. The molecule has 2 aromatic carbocycles. The number of aromatic amines is 1. The molecule has 3 aliphatic rings. The third kappa shape index (κ3) is 29.3. The van der Waals surface area contributed by atoms with Gasteiger partial charge in [0.1, 0.15) is 109 Å². The number of carboxylic acid groups (broad SMARTS) is 1. The molecule has 3 fully saturated rings. The summed E-state index contributed by atoms with van der Waals surface area (Å²) in [5, 5.41) is 59.0. The number of phenolic OH excluding ortho intramolecular Hbond substituents is 1. The Kier molecular flexibility index (Phi) is 39.9. The van der Waals surface area contributed by atoms with E-state index in [2.05, 4.69) is 68.1 Å². The number of carbonyl (C=O) groups is 18. The lowest BCUT2D eigenvalue weighted by Gasteiger charge is -2.36. The van der Waals surface area contributed by atoms with Gasteiger partial charge in [-0.05, 0) is 105 Å². The molecular formula is C89H129N23O21S. The molecule has 15 atom stereocenters. The quantitative estimate of drug-likeness (QED) is 0.0256. The van der Waals surface area contributed by atoms with Crippen molar-refractivity contribution in [1.29, 1.82) is 0 Å². The summed E-state index contributed by atoms with van der Waals surface area (Å²) in [6.07, 6.45) is 3.17. The second-order valence-corrected chi connectivity index (χ2v) is 36.1. The van der Waals surface area contributed by atoms with Crippen LogP contribution in [0.25, 0.3) is 21.9 Å². The number of nitrogens with zero attached hydrogens (tertiary/aromatic N) is 8. The summed E-state index contributed by atoms with van der Waals surface area (Å²) in [6.45, 7) is 9.09. The van der Waals surface area contributed by atoms with Gasteiger partial charge in [-0.3, -0.25) is 86.3 Å². The van der Waals surface area contributed by atoms with Crippen LogP contribution in [0.4, 0.5) is 0 Å². The first-order valence-corrected chi connectivity index (χ1v) is 46.2. The van der Waals surface area contributed by atoms with E-state index in [4.69, 9.17) is 22.9 Å². The van der Waals surface area contributed by atoms with Crippen LogP contribution in [0.15, 0.2) is 73.4 Å². The number of carboxylic acids is 1. The van der Waals surface area contributed by atoms with Gasteiger partial charge < -0.3 is 125 Å². The van der Waals surface area contributed by atoms with Crippen LogP contribution in [0.3, 0.4) is 0 Å². The van der Waals surface area contributed by atoms with Crippen molar-refractivity contribution in [3.63, 3.8) is 0 Å². The third-order valence-electron chi connectivity index (χ3n) is 23.8. The number of unbranched alkanes of at least 4 members (excludes halogenated alkanes) is 2. The predicted molar refractivity (Wildman–Crippen MR) is 490 cm³/mol. The fourth-order valence-corrected chi connectivity index (χ4v) is 17.4. The van der Waals surface area contributed by atoms with Crippen LogP contribution in [-0.4, -0.2) is 322 Å². The van der Waals surface area contributed by atoms with Crippen LogP contribution < -0.4 is 76.1 Å². The molecule has 45 heteroatoms. The van der Waals surface area contributed by atoms with Crippen molar-refractivity contribution >= 4 is 140 Å². The standard InChI is InChI=1S/C89H129N23O21S/c1-11-13-20-67-82(126)100-59(30-47(3)4)79(123)106-66(77(121)96-40-72(93)116)44-134-45-73(117)98-62(32-50-23-25-53(113)26-24-50)85(129)107(8)49(7)76(120)102-64(36-71(92)115)87(131)111-29-17-22-68(111)83(127)105-65(37-91)81(125)103-61(31-48(5)6)88(132)112-42-54(114)35-70(112)84(128)101-60(33-51-38-95-57-19-16-15-18-55(51)57)80(124)99-58(27-28-90)78(122)104-63(86(130)109(10)69(21-14-12-2)89(133)108(67)9)34-52-41-110(43-74(118)119)75-56(52)39-94-46-97-75/h15-16,18-19,23-26,38-39,41,46-49,54,58-70,95,113-114H,11-14,17,20-22,27-37,40,42-45,90-91H2,1-10H3,(H2,92,115)(H2,93,116)(H,96,121)(H,98,117)(H,99,124)(H,100,126)(H,101,128)(H,102,120)(H,103,125)(H,104,122)(H,105,127)(H,106,123)(H,118,119)/t49-,54+,58-,59-,60-,61-,62-,63?,64-,65-,66-,67-,68-,69-,70-/m0/s1. The third-order valence-corrected chi connectivity index (χ3v) is 24.9. The molecule has 5 aromatic rings. The van der Waals surface area contributed by atoms with Gasteiger partial charge in [-0.1, -0.05) is 97.6 Å². The minimum Gasteiger partial charge on any atom is -0.508 e. The minimum absolute atomic E-state index is 0.00934. The smallest absolute Gasteiger partial charge is 0.323 e. The van der Waals surface area contributed by atoms with Crippen LogP contribution >= 0.6 is 11.8 Å². The lowest BCUT2D eigenvalue weighted by molar-refractivity contribution is -0.149. The number of para-hydroxylation sites is 1. The molecule has 3 saturated heterocycles. The van der Waals surface area contributed by atoms with Crippen molar-refractivity contribution < 1.29 is 102 Å². The van der Waals surface area contributed by atoms with Gasteiger partial charge in [0.25, 0.3) is 0 Å². The number of phenols is 1. The fraction of sp³-hybridized carbons (Fsp3) is 0.573. The van der Waals surface area contributed by atoms with Gasteiger partial charge in [0.15, 0.2) is 0 Å². The van der Waals surface area contributed by atoms with Gasteiger partial charge in [-0.15, -0.1) is 11.8 Å². The van der Waals surface area contributed by atoms with Crippen molar-refractivity contribution in [2.75, 3.05) is 65.4 Å². The zero-order chi connectivity index (χ0) is 98.6. The van der Waals surface area contributed by atoms with Crippen molar-refractivity contribution in [3.8, 4) is 5.75 Å². The van der Waals surface area contributed by atoms with Crippen LogP contribution in [0.1, 0.15) is 149 Å². The Labute approximate surface area is 779 Å². The van der Waals surface area contributed by atoms with Crippen LogP contribution in [0, 0.1) is 11.8 Å². The number of fused-ring (bicyclic) bond motifs is 4. The fourth-order valence-electron chi connectivity index (χ4n) is 16.6. The van der Waals surface area contributed by atoms with E-state index >= 15 is 33.6 Å². The van der Waals surface area contributed by atoms with Crippen LogP contribution in [0.5, 0.6) is 5.75 Å². The number of hydrogen-bond donors (Lipinski definition) is 18. The summed E-state index contributed by atoms with van der Waals surface area (Å²) >= 11 is 0.780. The normalized spacial score (nSPS) is 24.9. The second kappa shape index (κ2) is 50.3. The SMILES string of the molecule is CCCC[C@H]1C(=O)N(C)[C@@H](CCCC)C(=O)N[C@@H](CC(C)C)C(=O)N[C@H](C(=O)NCC(N)=O)CSCC(=O)N[C@@H](Cc2ccc(O)cc2)C(=O)N(C)[C@@H](C)C(=O)N[C@@H](CC(N)=O)C(=O)N2CCC[C@H]2C(=O)N[C@@H](CN)C(=O)N[C@@H](CC(C)C)C(=O)N2C[C@H](O)C[C@H]2C(=O)N[C@@H](Cc2c[nH]c3ccccc23)C(=O)N[C@@H](CCN)C(=O)NC(Cc2cn(CC(=O)O)c3ncncc23)C(=O)N1C. The highest BCUT2D eigenvalue weighted by atomic mass is 32.2. The first-order valence-electron chi connectivity index (χ1n) is 45.0. The van der Waals surface area contributed by atoms with E-state index < -0.39 is 254 Å². The first kappa shape index (κ1) is 106. The number of aliphatic carboxylic acids is 1. The highest BCUT2D eigenvalue weighted by molar-refractivity contribution is 8.00. The number of likely N-dealkylation sites (N-methyl/N-ethyl adjacent to an activating group) is 3. The van der Waals surface area contributed by atoms with Gasteiger partial charge in [-0.25, -0.2) is 9.97 Å². The number of aliphatic hydroxyl groups is 1. The number of aromatic nitrogens is 4. The maximum atomic E-state index is 15.9. The number of hydrogen-bond acceptors (Lipinski definition) is 25. The minimum atomic E-state index is -1.77. The molecule has 0 aliphatic carbocycles. The van der Waals surface area contributed by atoms with E-state index in [1.807, 2.05) is 13.8 Å². The summed E-state index contributed by atoms with van der Waals surface area (Å²) in [6, 6.07) is -9.07. The van der Waals surface area contributed by atoms with Gasteiger partial charge >= 0.3 is 5.97 Å². The molecule has 3 aliphatic heterocycles. The molecule has 134 heavy (non-hydrogen) atoms. The molecule has 17 amide bonds. The molecule has 732 valence electrons. The summed E-state index contributed by atoms with van der Waals surface area (Å²) < 4.78 is 1.29. The Hall–Kier alpha value is -12.9. The Balaban J connectivity index is 1.21. The molecule has 0 saturated carbocycles. The van der Waals surface area contributed by atoms with Gasteiger partial charge in [0.05, 0.1) is 24.8 Å². The lowest BCUT2D eigenvalue weighted by Crippen LogP contribution is -2.62. The van der Waals surface area contributed by atoms with E-state index in [0.29, 0.717) is 47.7 Å². The molecule has 8 rings (SSSR count). The molecule has 1 unspecified atom stereocenters. The summed E-state index contributed by atoms with van der Waals surface area (Å²) in [5.41, 5.74) is 25.4. The van der Waals surface area contributed by atoms with E-state index in [9.17, 15) is 68.1 Å². The first-order chi connectivity index (χ1) is 63.6. The number of rotatable bonds is 26. The molecule has 44 nitrogen and oxygen atoms in total. The van der Waals surface area contributed by atoms with E-state index in [1.165, 1.54) is 75.6 Å². The van der Waals surface area contributed by atoms with Crippen molar-refractivity contribution in [1.82, 2.24) is 97.2 Å². The van der Waals surface area contributed by atoms with Crippen LogP contribution in [0.2, 0.25) is 0 Å². The van der Waals surface area contributed by atoms with Crippen LogP contribution in [-0.2, 0) is 112 Å². The van der Waals surface area contributed by atoms with Crippen molar-refractivity contribution in [2.24, 2.45) is 34.8 Å². The molecule has 3 aromatic heterocycles. The topological polar surface area (TPSA) is 655 Å². The highest BCUT2D eigenvalue weighted by Gasteiger charge is 2.47. The zero-order valence-electron chi connectivity index (χ0n) is 77.2. The summed E-state index contributed by atoms with van der Waals surface area (Å²) in [5.74, 6) is -19.1. The maximum absolute atomic E-state index is 15.9. The molecule has 22 N–H and O–H groups in total. The van der Waals surface area contributed by atoms with Gasteiger partial charge in [0.2, 0.25) is 100 Å². The largest absolute Gasteiger partial charge is 0.508 e. The van der Waals surface area contributed by atoms with E-state index in [-0.39, 0.29) is 105 Å². The van der Waals surface area contributed by atoms with Gasteiger partial charge in [-0.2, -0.15) is 0 Å². The second-order valence-electron chi connectivity index (χ2n) is 35.1. The number of amides is 17. The Bertz CT molecular complexity index is 5050. The number of H-pyrrole nitrogens is 1. The Morgan fingerprint density at radius 3 is 1.80 bits per heavy atom. The number of benzene rings is 2. The number of nitrogens with one attached hydrogen (secondary N) is 11. The predicted octanol–water partition coefficient (Wildman–Crippen LogP) is -3.45. The molecular weight excluding hydrogens is 1760 g/mol. The van der Waals surface area contributed by atoms with Crippen molar-refractivity contribution in [2.45, 2.75) is 248 Å². The zero-order valence-corrected chi connectivity index (χ0v) is 78.0. The Morgan fingerprint density at radius 2 is 1.15 bits per heavy atom. The monoisotopic (exact) mass is 1890 g/mol. The highest BCUT2D eigenvalue weighted by Crippen LogP contribution is 2.28. The van der Waals surface area contributed by atoms with Gasteiger partial charge in [0, 0.05) is 107 Å². The number of thioether (sulfide) groups is 1.